The molecule has 0 bridgehead atoms. The van der Waals surface area contributed by atoms with Crippen LogP contribution in [0.3, 0.4) is 0 Å². The summed E-state index contributed by atoms with van der Waals surface area (Å²) in [7, 11) is -5.77. The Morgan fingerprint density at radius 3 is 2.08 bits per heavy atom. The first-order chi connectivity index (χ1) is 11.2. The predicted molar refractivity (Wildman–Crippen MR) is 96.3 cm³/mol. The number of sulfonamides is 2. The fourth-order valence-electron chi connectivity index (χ4n) is 2.02. The molecule has 2 rings (SSSR count). The molecule has 0 amide bonds. The molecule has 0 atom stereocenters. The number of hydrogen-bond acceptors (Lipinski definition) is 4. The van der Waals surface area contributed by atoms with Crippen LogP contribution in [0.25, 0.3) is 0 Å². The molecule has 0 saturated carbocycles. The zero-order chi connectivity index (χ0) is 17.8. The maximum absolute atomic E-state index is 12.3. The van der Waals surface area contributed by atoms with Crippen LogP contribution < -0.4 is 9.44 Å². The fourth-order valence-corrected chi connectivity index (χ4v) is 4.12. The molecule has 0 radical (unpaired) electrons. The normalized spacial score (nSPS) is 12.2. The molecular weight excluding hydrogens is 416 g/mol. The van der Waals surface area contributed by atoms with Crippen molar-refractivity contribution in [2.75, 3.05) is 7.05 Å². The van der Waals surface area contributed by atoms with E-state index < -0.39 is 20.0 Å². The van der Waals surface area contributed by atoms with E-state index in [0.717, 1.165) is 4.47 Å². The second-order valence-corrected chi connectivity index (χ2v) is 9.62. The molecule has 0 aliphatic rings. The van der Waals surface area contributed by atoms with Crippen molar-refractivity contribution >= 4 is 36.0 Å². The maximum Gasteiger partial charge on any atom is 0.240 e. The Morgan fingerprint density at radius 2 is 1.50 bits per heavy atom. The van der Waals surface area contributed by atoms with E-state index in [-0.39, 0.29) is 17.2 Å². The third-order valence-electron chi connectivity index (χ3n) is 3.35. The summed E-state index contributed by atoms with van der Waals surface area (Å²) in [5, 5.41) is 0. The van der Waals surface area contributed by atoms with Gasteiger partial charge in [-0.3, -0.25) is 0 Å². The average molecular weight is 433 g/mol. The summed E-state index contributed by atoms with van der Waals surface area (Å²) in [6.07, 6.45) is 0. The van der Waals surface area contributed by atoms with Gasteiger partial charge in [0.1, 0.15) is 0 Å². The minimum absolute atomic E-state index is 0.00774. The summed E-state index contributed by atoms with van der Waals surface area (Å²) in [6, 6.07) is 13.1. The highest BCUT2D eigenvalue weighted by molar-refractivity contribution is 9.10. The maximum atomic E-state index is 12.3. The number of benzene rings is 2. The fraction of sp³-hybridized carbons (Fsp3) is 0.200. The third kappa shape index (κ3) is 5.12. The molecule has 6 nitrogen and oxygen atoms in total. The van der Waals surface area contributed by atoms with E-state index >= 15 is 0 Å². The topological polar surface area (TPSA) is 92.3 Å². The first-order valence-electron chi connectivity index (χ1n) is 6.97. The molecule has 130 valence electrons. The first-order valence-corrected chi connectivity index (χ1v) is 10.9. The van der Waals surface area contributed by atoms with Gasteiger partial charge in [0.25, 0.3) is 0 Å². The van der Waals surface area contributed by atoms with Crippen LogP contribution in [0.1, 0.15) is 11.1 Å². The Bertz CT molecular complexity index is 911. The smallest absolute Gasteiger partial charge is 0.218 e. The monoisotopic (exact) mass is 432 g/mol. The van der Waals surface area contributed by atoms with Gasteiger partial charge in [-0.1, -0.05) is 40.2 Å². The number of nitrogens with one attached hydrogen (secondary N) is 2. The molecular formula is C15H17BrN2O4S2. The van der Waals surface area contributed by atoms with Crippen LogP contribution in [-0.4, -0.2) is 23.9 Å². The van der Waals surface area contributed by atoms with Gasteiger partial charge in [-0.2, -0.15) is 0 Å². The van der Waals surface area contributed by atoms with Gasteiger partial charge in [0, 0.05) is 11.0 Å². The van der Waals surface area contributed by atoms with Crippen molar-refractivity contribution in [1.29, 1.82) is 0 Å². The van der Waals surface area contributed by atoms with Gasteiger partial charge >= 0.3 is 0 Å². The highest BCUT2D eigenvalue weighted by atomic mass is 79.9. The first kappa shape index (κ1) is 19.1. The van der Waals surface area contributed by atoms with Crippen LogP contribution >= 0.6 is 15.9 Å². The van der Waals surface area contributed by atoms with E-state index in [1.165, 1.54) is 19.2 Å². The molecule has 24 heavy (non-hydrogen) atoms. The van der Waals surface area contributed by atoms with Crippen molar-refractivity contribution in [3.63, 3.8) is 0 Å². The molecule has 0 saturated heterocycles. The molecule has 2 aromatic carbocycles. The lowest BCUT2D eigenvalue weighted by Crippen LogP contribution is -2.25. The summed E-state index contributed by atoms with van der Waals surface area (Å²) >= 11 is 3.25. The van der Waals surface area contributed by atoms with Crippen molar-refractivity contribution in [2.24, 2.45) is 0 Å². The Morgan fingerprint density at radius 1 is 0.917 bits per heavy atom. The molecule has 2 N–H and O–H groups in total. The van der Waals surface area contributed by atoms with E-state index in [9.17, 15) is 16.8 Å². The summed E-state index contributed by atoms with van der Waals surface area (Å²) in [5.74, 6) is -0.209. The van der Waals surface area contributed by atoms with Crippen molar-refractivity contribution in [1.82, 2.24) is 9.44 Å². The Kier molecular flexibility index (Phi) is 6.16. The van der Waals surface area contributed by atoms with Crippen LogP contribution in [0.2, 0.25) is 0 Å². The van der Waals surface area contributed by atoms with Gasteiger partial charge in [-0.05, 0) is 42.4 Å². The lowest BCUT2D eigenvalue weighted by Gasteiger charge is -2.11. The lowest BCUT2D eigenvalue weighted by molar-refractivity contribution is 0.581. The van der Waals surface area contributed by atoms with Gasteiger partial charge in [0.05, 0.1) is 10.6 Å². The van der Waals surface area contributed by atoms with Crippen LogP contribution in [0.4, 0.5) is 0 Å². The highest BCUT2D eigenvalue weighted by Gasteiger charge is 2.16. The van der Waals surface area contributed by atoms with Crippen LogP contribution in [-0.2, 0) is 32.3 Å². The van der Waals surface area contributed by atoms with Gasteiger partial charge in [-0.15, -0.1) is 0 Å². The van der Waals surface area contributed by atoms with E-state index in [1.54, 1.807) is 36.4 Å². The van der Waals surface area contributed by atoms with Crippen molar-refractivity contribution < 1.29 is 16.8 Å². The zero-order valence-corrected chi connectivity index (χ0v) is 16.1. The largest absolute Gasteiger partial charge is 0.240 e. The molecule has 0 aromatic heterocycles. The Balaban J connectivity index is 2.19. The molecule has 0 aliphatic carbocycles. The van der Waals surface area contributed by atoms with E-state index in [2.05, 4.69) is 25.4 Å². The standard InChI is InChI=1S/C15H17BrN2O4S2/c1-17-23(19,20)11-13-5-3-2-4-12(13)10-18-24(21,22)15-8-6-14(16)7-9-15/h2-9,17-18H,10-11H2,1H3. The molecule has 0 fully saturated rings. The number of halogens is 1. The Hall–Kier alpha value is -1.26. The summed E-state index contributed by atoms with van der Waals surface area (Å²) in [4.78, 5) is 0.144. The predicted octanol–water partition coefficient (Wildman–Crippen LogP) is 1.98. The van der Waals surface area contributed by atoms with Gasteiger partial charge in [0.2, 0.25) is 20.0 Å². The van der Waals surface area contributed by atoms with Crippen molar-refractivity contribution in [3.05, 3.63) is 64.1 Å². The van der Waals surface area contributed by atoms with E-state index in [0.29, 0.717) is 11.1 Å². The quantitative estimate of drug-likeness (QED) is 0.699. The second-order valence-electron chi connectivity index (χ2n) is 5.01. The third-order valence-corrected chi connectivity index (χ3v) is 6.61. The lowest BCUT2D eigenvalue weighted by atomic mass is 10.1. The van der Waals surface area contributed by atoms with Crippen LogP contribution in [0.15, 0.2) is 57.9 Å². The van der Waals surface area contributed by atoms with Crippen LogP contribution in [0, 0.1) is 0 Å². The van der Waals surface area contributed by atoms with Gasteiger partial charge in [0.15, 0.2) is 0 Å². The highest BCUT2D eigenvalue weighted by Crippen LogP contribution is 2.16. The Labute approximate surface area is 150 Å². The van der Waals surface area contributed by atoms with Crippen molar-refractivity contribution in [2.45, 2.75) is 17.2 Å². The SMILES string of the molecule is CNS(=O)(=O)Cc1ccccc1CNS(=O)(=O)c1ccc(Br)cc1. The summed E-state index contributed by atoms with van der Waals surface area (Å²) in [6.45, 7) is 0.00774. The summed E-state index contributed by atoms with van der Waals surface area (Å²) < 4.78 is 53.6. The zero-order valence-electron chi connectivity index (χ0n) is 12.9. The average Bonchev–Trinajstić information content (AvgIpc) is 2.54. The number of rotatable bonds is 7. The van der Waals surface area contributed by atoms with Crippen molar-refractivity contribution in [3.8, 4) is 0 Å². The van der Waals surface area contributed by atoms with Gasteiger partial charge in [-0.25, -0.2) is 26.3 Å². The minimum Gasteiger partial charge on any atom is -0.218 e. The van der Waals surface area contributed by atoms with E-state index in [4.69, 9.17) is 0 Å². The minimum atomic E-state index is -3.68. The second kappa shape index (κ2) is 7.75. The molecule has 0 heterocycles. The molecule has 0 aliphatic heterocycles. The summed E-state index contributed by atoms with van der Waals surface area (Å²) in [5.41, 5.74) is 1.15. The molecule has 2 aromatic rings. The van der Waals surface area contributed by atoms with E-state index in [1.807, 2.05) is 0 Å². The van der Waals surface area contributed by atoms with Gasteiger partial charge < -0.3 is 0 Å². The molecule has 0 unspecified atom stereocenters. The van der Waals surface area contributed by atoms with Crippen LogP contribution in [0.5, 0.6) is 0 Å². The molecule has 9 heteroatoms. The number of hydrogen-bond donors (Lipinski definition) is 2. The molecule has 0 spiro atoms.